The van der Waals surface area contributed by atoms with Gasteiger partial charge in [0.2, 0.25) is 0 Å². The molecule has 1 unspecified atom stereocenters. The maximum Gasteiger partial charge on any atom is 1.00 e. The smallest absolute Gasteiger partial charge is 0.746 e. The molecule has 0 rings (SSSR count). The zero-order valence-electron chi connectivity index (χ0n) is 19.0. The molecule has 0 aliphatic rings. The summed E-state index contributed by atoms with van der Waals surface area (Å²) in [6, 6.07) is 0. The van der Waals surface area contributed by atoms with Crippen LogP contribution in [-0.4, -0.2) is 23.0 Å². The van der Waals surface area contributed by atoms with Gasteiger partial charge in [-0.2, -0.15) is 0 Å². The van der Waals surface area contributed by atoms with E-state index in [2.05, 4.69) is 6.92 Å². The summed E-state index contributed by atoms with van der Waals surface area (Å²) in [5, 5.41) is 9.88. The van der Waals surface area contributed by atoms with Crippen LogP contribution in [0.3, 0.4) is 0 Å². The van der Waals surface area contributed by atoms with Crippen molar-refractivity contribution >= 4 is 10.1 Å². The molecule has 0 saturated heterocycles. The molecular weight excluding hydrogens is 399 g/mol. The van der Waals surface area contributed by atoms with Crippen molar-refractivity contribution in [3.8, 4) is 0 Å². The second-order valence-corrected chi connectivity index (χ2v) is 9.83. The molecule has 0 heterocycles. The Kier molecular flexibility index (Phi) is 23.1. The Morgan fingerprint density at radius 2 is 0.929 bits per heavy atom. The van der Waals surface area contributed by atoms with Crippen molar-refractivity contribution in [3.05, 3.63) is 0 Å². The van der Waals surface area contributed by atoms with Gasteiger partial charge in [0.05, 0.1) is 0 Å². The van der Waals surface area contributed by atoms with Crippen LogP contribution >= 0.6 is 0 Å². The van der Waals surface area contributed by atoms with Crippen molar-refractivity contribution in [3.63, 3.8) is 0 Å². The molecule has 0 aromatic rings. The van der Waals surface area contributed by atoms with E-state index in [1.165, 1.54) is 83.5 Å². The van der Waals surface area contributed by atoms with Crippen LogP contribution in [0.1, 0.15) is 136 Å². The van der Waals surface area contributed by atoms with Gasteiger partial charge in [-0.25, -0.2) is 8.42 Å². The summed E-state index contributed by atoms with van der Waals surface area (Å²) in [7, 11) is -4.63. The van der Waals surface area contributed by atoms with Crippen molar-refractivity contribution < 1.29 is 69.5 Å². The minimum Gasteiger partial charge on any atom is -0.746 e. The second-order valence-electron chi connectivity index (χ2n) is 8.16. The molecular formula is C22H45KO4S. The summed E-state index contributed by atoms with van der Waals surface area (Å²) in [6.07, 6.45) is 21.4. The van der Waals surface area contributed by atoms with Gasteiger partial charge < -0.3 is 9.66 Å². The Hall–Kier alpha value is 1.51. The SMILES string of the molecule is CCCCCCCCCCCCCCCCCCCC(O)(CC)S(=O)(=O)[O-].[K+]. The van der Waals surface area contributed by atoms with E-state index in [0.717, 1.165) is 19.3 Å². The van der Waals surface area contributed by atoms with Crippen LogP contribution in [0.25, 0.3) is 0 Å². The van der Waals surface area contributed by atoms with Crippen LogP contribution in [0.15, 0.2) is 0 Å². The third-order valence-corrected chi connectivity index (χ3v) is 7.11. The third kappa shape index (κ3) is 17.2. The van der Waals surface area contributed by atoms with Crippen molar-refractivity contribution in [2.45, 2.75) is 141 Å². The van der Waals surface area contributed by atoms with E-state index in [-0.39, 0.29) is 64.2 Å². The minimum absolute atomic E-state index is 0. The average Bonchev–Trinajstić information content (AvgIpc) is 2.63. The molecule has 0 aliphatic heterocycles. The van der Waals surface area contributed by atoms with E-state index in [0.29, 0.717) is 6.42 Å². The molecule has 0 saturated carbocycles. The fraction of sp³-hybridized carbons (Fsp3) is 1.00. The predicted molar refractivity (Wildman–Crippen MR) is 114 cm³/mol. The van der Waals surface area contributed by atoms with Crippen molar-refractivity contribution in [2.75, 3.05) is 0 Å². The Labute approximate surface area is 218 Å². The maximum absolute atomic E-state index is 11.1. The number of hydrogen-bond donors (Lipinski definition) is 1. The van der Waals surface area contributed by atoms with E-state index < -0.39 is 15.1 Å². The Morgan fingerprint density at radius 1 is 0.643 bits per heavy atom. The molecule has 4 nitrogen and oxygen atoms in total. The maximum atomic E-state index is 11.1. The molecule has 0 fully saturated rings. The summed E-state index contributed by atoms with van der Waals surface area (Å²) in [4.78, 5) is -2.07. The zero-order valence-corrected chi connectivity index (χ0v) is 23.0. The first kappa shape index (κ1) is 31.7. The number of aliphatic hydroxyl groups is 1. The zero-order chi connectivity index (χ0) is 20.4. The fourth-order valence-electron chi connectivity index (χ4n) is 3.60. The van der Waals surface area contributed by atoms with E-state index in [9.17, 15) is 18.1 Å². The second kappa shape index (κ2) is 20.4. The largest absolute Gasteiger partial charge is 1.00 e. The van der Waals surface area contributed by atoms with Gasteiger partial charge in [-0.15, -0.1) is 0 Å². The molecule has 1 atom stereocenters. The summed E-state index contributed by atoms with van der Waals surface area (Å²) in [5.74, 6) is 0. The van der Waals surface area contributed by atoms with Gasteiger partial charge in [0.15, 0.2) is 4.93 Å². The van der Waals surface area contributed by atoms with Gasteiger partial charge in [-0.05, 0) is 19.3 Å². The molecule has 0 aliphatic carbocycles. The summed E-state index contributed by atoms with van der Waals surface area (Å²) < 4.78 is 33.2. The van der Waals surface area contributed by atoms with Crippen molar-refractivity contribution in [1.82, 2.24) is 0 Å². The standard InChI is InChI=1S/C22H46O4S.K/c1-3-5-6-7-8-9-10-11-12-13-14-15-16-17-18-19-20-21-22(23,4-2)27(24,25)26;/h23H,3-21H2,1-2H3,(H,24,25,26);/q;+1/p-1. The normalized spacial score (nSPS) is 13.9. The van der Waals surface area contributed by atoms with Gasteiger partial charge in [-0.1, -0.05) is 117 Å². The van der Waals surface area contributed by atoms with E-state index in [4.69, 9.17) is 0 Å². The monoisotopic (exact) mass is 444 g/mol. The summed E-state index contributed by atoms with van der Waals surface area (Å²) >= 11 is 0. The summed E-state index contributed by atoms with van der Waals surface area (Å²) in [5.41, 5.74) is 0. The van der Waals surface area contributed by atoms with Gasteiger partial charge in [0.1, 0.15) is 10.1 Å². The van der Waals surface area contributed by atoms with Crippen LogP contribution in [-0.2, 0) is 10.1 Å². The van der Waals surface area contributed by atoms with Gasteiger partial charge in [0, 0.05) is 0 Å². The Balaban J connectivity index is 0. The first-order valence-corrected chi connectivity index (χ1v) is 13.0. The fourth-order valence-corrected chi connectivity index (χ4v) is 4.35. The Bertz CT molecular complexity index is 428. The molecule has 0 aromatic heterocycles. The topological polar surface area (TPSA) is 77.4 Å². The van der Waals surface area contributed by atoms with Crippen LogP contribution in [0.4, 0.5) is 0 Å². The third-order valence-electron chi connectivity index (χ3n) is 5.69. The van der Waals surface area contributed by atoms with Gasteiger partial charge in [-0.3, -0.25) is 0 Å². The quantitative estimate of drug-likeness (QED) is 0.176. The van der Waals surface area contributed by atoms with Crippen molar-refractivity contribution in [2.24, 2.45) is 0 Å². The molecule has 0 radical (unpaired) electrons. The molecule has 6 heteroatoms. The van der Waals surface area contributed by atoms with Crippen LogP contribution in [0.5, 0.6) is 0 Å². The number of unbranched alkanes of at least 4 members (excludes halogenated alkanes) is 16. The first-order chi connectivity index (χ1) is 12.9. The van der Waals surface area contributed by atoms with E-state index >= 15 is 0 Å². The molecule has 0 aromatic carbocycles. The van der Waals surface area contributed by atoms with E-state index in [1.54, 1.807) is 6.92 Å². The van der Waals surface area contributed by atoms with Crippen LogP contribution < -0.4 is 51.4 Å². The number of hydrogen-bond acceptors (Lipinski definition) is 4. The molecule has 164 valence electrons. The van der Waals surface area contributed by atoms with E-state index in [1.807, 2.05) is 0 Å². The van der Waals surface area contributed by atoms with Gasteiger partial charge >= 0.3 is 51.4 Å². The van der Waals surface area contributed by atoms with Crippen LogP contribution in [0, 0.1) is 0 Å². The molecule has 0 bridgehead atoms. The average molecular weight is 445 g/mol. The number of rotatable bonds is 20. The molecule has 0 spiro atoms. The first-order valence-electron chi connectivity index (χ1n) is 11.5. The molecule has 0 amide bonds. The molecule has 28 heavy (non-hydrogen) atoms. The molecule has 1 N–H and O–H groups in total. The Morgan fingerprint density at radius 3 is 1.18 bits per heavy atom. The minimum atomic E-state index is -4.63. The summed E-state index contributed by atoms with van der Waals surface area (Å²) in [6.45, 7) is 3.81. The van der Waals surface area contributed by atoms with Crippen molar-refractivity contribution in [1.29, 1.82) is 0 Å². The van der Waals surface area contributed by atoms with Crippen LogP contribution in [0.2, 0.25) is 0 Å². The van der Waals surface area contributed by atoms with Gasteiger partial charge in [0.25, 0.3) is 0 Å². The predicted octanol–water partition coefficient (Wildman–Crippen LogP) is 3.68.